The summed E-state index contributed by atoms with van der Waals surface area (Å²) in [6.07, 6.45) is 5.15. The molecule has 0 aliphatic rings. The van der Waals surface area contributed by atoms with Crippen molar-refractivity contribution in [3.8, 4) is 50.9 Å². The minimum atomic E-state index is -1.05. The van der Waals surface area contributed by atoms with E-state index in [4.69, 9.17) is 14.3 Å². The zero-order valence-electron chi connectivity index (χ0n) is 50.7. The first-order chi connectivity index (χ1) is 36.6. The molecule has 1 unspecified atom stereocenters. The van der Waals surface area contributed by atoms with Crippen molar-refractivity contribution in [1.82, 2.24) is 14.1 Å². The molecule has 328 valence electrons. The van der Waals surface area contributed by atoms with Gasteiger partial charge in [-0.1, -0.05) is 177 Å². The van der Waals surface area contributed by atoms with Crippen molar-refractivity contribution in [2.75, 3.05) is 0 Å². The first-order valence-electron chi connectivity index (χ1n) is 28.2. The van der Waals surface area contributed by atoms with Gasteiger partial charge in [-0.25, -0.2) is 4.98 Å². The number of aromatic nitrogens is 4. The van der Waals surface area contributed by atoms with E-state index < -0.39 is 36.1 Å². The van der Waals surface area contributed by atoms with Gasteiger partial charge in [-0.3, -0.25) is 13.7 Å². The molecule has 0 N–H and O–H groups in total. The monoisotopic (exact) mass is 875 g/mol. The van der Waals surface area contributed by atoms with Gasteiger partial charge in [-0.2, -0.15) is 0 Å². The number of fused-ring (bicyclic) bond motifs is 4. The number of pyridine rings is 1. The Kier molecular flexibility index (Phi) is 7.77. The number of nitrogens with zero attached hydrogens (tertiary/aromatic N) is 4. The van der Waals surface area contributed by atoms with Crippen LogP contribution in [-0.4, -0.2) is 14.1 Å². The number of hydrogen-bond donors (Lipinski definition) is 0. The molecule has 0 radical (unpaired) electrons. The minimum Gasteiger partial charge on any atom is -0.458 e. The SMILES string of the molecule is [2H]c1c([2H])c([2H])c(-c2cccc(-c3cc(C(C)(C)C)cc(C(C)(C)C)c3)c2-[n+]2[c-]n(-c3cccc(Oc4cc5c(c([2H])c4[2H])c4c([2H])c([2H])c([2H])c([2H])c4n5-c4cc(C([2H])(C)C(C)C)ccn4)c3)c3ccccc32)c([2H])c1[2H]. The van der Waals surface area contributed by atoms with E-state index in [1.54, 1.807) is 60.2 Å². The molecule has 5 nitrogen and oxygen atoms in total. The lowest BCUT2D eigenvalue weighted by Crippen LogP contribution is -2.31. The quantitative estimate of drug-likeness (QED) is 0.107. The highest BCUT2D eigenvalue weighted by atomic mass is 16.5. The fourth-order valence-corrected chi connectivity index (χ4v) is 8.46. The van der Waals surface area contributed by atoms with Crippen LogP contribution in [0.25, 0.3) is 72.3 Å². The molecule has 0 saturated heterocycles. The van der Waals surface area contributed by atoms with Gasteiger partial charge in [0.2, 0.25) is 0 Å². The Balaban J connectivity index is 1.18. The fourth-order valence-electron chi connectivity index (χ4n) is 8.46. The van der Waals surface area contributed by atoms with Gasteiger partial charge in [-0.05, 0) is 110 Å². The second-order valence-electron chi connectivity index (χ2n) is 19.2. The van der Waals surface area contributed by atoms with Crippen molar-refractivity contribution < 1.29 is 25.8 Å². The Morgan fingerprint density at radius 2 is 1.30 bits per heavy atom. The van der Waals surface area contributed by atoms with Crippen LogP contribution in [0, 0.1) is 12.2 Å². The summed E-state index contributed by atoms with van der Waals surface area (Å²) in [7, 11) is 0. The van der Waals surface area contributed by atoms with E-state index in [1.165, 1.54) is 0 Å². The van der Waals surface area contributed by atoms with Gasteiger partial charge < -0.3 is 4.74 Å². The molecular formula is C61H58N4O. The lowest BCUT2D eigenvalue weighted by Gasteiger charge is -2.27. The maximum Gasteiger partial charge on any atom is 0.269 e. The van der Waals surface area contributed by atoms with Gasteiger partial charge >= 0.3 is 0 Å². The van der Waals surface area contributed by atoms with Gasteiger partial charge in [0.25, 0.3) is 6.33 Å². The molecule has 0 aliphatic heterocycles. The summed E-state index contributed by atoms with van der Waals surface area (Å²) in [5.41, 5.74) is 7.21. The summed E-state index contributed by atoms with van der Waals surface area (Å²) < 4.78 is 120. The molecule has 3 aromatic heterocycles. The largest absolute Gasteiger partial charge is 0.458 e. The molecule has 0 saturated carbocycles. The predicted octanol–water partition coefficient (Wildman–Crippen LogP) is 15.7. The van der Waals surface area contributed by atoms with E-state index in [2.05, 4.69) is 71.1 Å². The van der Waals surface area contributed by atoms with Crippen LogP contribution in [0.5, 0.6) is 11.5 Å². The summed E-state index contributed by atoms with van der Waals surface area (Å²) in [6, 6.07) is 27.5. The molecule has 0 bridgehead atoms. The van der Waals surface area contributed by atoms with Gasteiger partial charge in [0.15, 0.2) is 0 Å². The molecule has 1 atom stereocenters. The number of para-hydroxylation sites is 4. The number of rotatable bonds is 9. The Morgan fingerprint density at radius 1 is 0.621 bits per heavy atom. The van der Waals surface area contributed by atoms with Crippen molar-refractivity contribution in [3.63, 3.8) is 0 Å². The average Bonchev–Trinajstić information content (AvgIpc) is 4.17. The molecule has 0 fully saturated rings. The summed E-state index contributed by atoms with van der Waals surface area (Å²) in [5.74, 6) is -0.637. The highest BCUT2D eigenvalue weighted by Crippen LogP contribution is 2.40. The zero-order valence-corrected chi connectivity index (χ0v) is 38.7. The van der Waals surface area contributed by atoms with Crippen LogP contribution in [-0.2, 0) is 10.8 Å². The normalized spacial score (nSPS) is 15.7. The van der Waals surface area contributed by atoms with Gasteiger partial charge in [0, 0.05) is 24.4 Å². The number of benzene rings is 7. The number of imidazole rings is 1. The highest BCUT2D eigenvalue weighted by Gasteiger charge is 2.25. The Labute approximate surface area is 406 Å². The molecule has 10 aromatic rings. The third-order valence-corrected chi connectivity index (χ3v) is 12.4. The number of hydrogen-bond acceptors (Lipinski definition) is 2. The number of ether oxygens (including phenoxy) is 1. The maximum atomic E-state index is 9.45. The molecule has 10 rings (SSSR count). The summed E-state index contributed by atoms with van der Waals surface area (Å²) >= 11 is 0. The summed E-state index contributed by atoms with van der Waals surface area (Å²) in [4.78, 5) is 4.66. The van der Waals surface area contributed by atoms with E-state index in [1.807, 2.05) is 65.4 Å². The summed E-state index contributed by atoms with van der Waals surface area (Å²) in [5, 5.41) is 0.178. The van der Waals surface area contributed by atoms with E-state index in [-0.39, 0.29) is 97.7 Å². The molecule has 0 aliphatic carbocycles. The first-order valence-corrected chi connectivity index (χ1v) is 22.2. The van der Waals surface area contributed by atoms with Crippen molar-refractivity contribution in [3.05, 3.63) is 199 Å². The van der Waals surface area contributed by atoms with Gasteiger partial charge in [-0.15, -0.1) is 0 Å². The smallest absolute Gasteiger partial charge is 0.269 e. The van der Waals surface area contributed by atoms with Crippen LogP contribution >= 0.6 is 0 Å². The predicted molar refractivity (Wildman–Crippen MR) is 274 cm³/mol. The van der Waals surface area contributed by atoms with Crippen molar-refractivity contribution in [2.45, 2.75) is 79.0 Å². The van der Waals surface area contributed by atoms with E-state index in [9.17, 15) is 6.85 Å². The maximum absolute atomic E-state index is 9.45. The molecule has 5 heteroatoms. The second-order valence-corrected chi connectivity index (χ2v) is 19.2. The lowest BCUT2D eigenvalue weighted by molar-refractivity contribution is -0.571. The van der Waals surface area contributed by atoms with Crippen LogP contribution in [0.3, 0.4) is 0 Å². The third kappa shape index (κ3) is 7.87. The fraction of sp³-hybridized carbons (Fsp3) is 0.213. The van der Waals surface area contributed by atoms with Crippen molar-refractivity contribution >= 4 is 32.8 Å². The van der Waals surface area contributed by atoms with Gasteiger partial charge in [0.05, 0.1) is 48.5 Å². The van der Waals surface area contributed by atoms with Crippen LogP contribution in [0.2, 0.25) is 0 Å². The first kappa shape index (κ1) is 30.8. The van der Waals surface area contributed by atoms with E-state index in [0.717, 1.165) is 22.3 Å². The molecular weight excluding hydrogens is 805 g/mol. The highest BCUT2D eigenvalue weighted by molar-refractivity contribution is 6.09. The van der Waals surface area contributed by atoms with Crippen LogP contribution in [0.4, 0.5) is 0 Å². The Hall–Kier alpha value is -7.24. The molecule has 0 amide bonds. The topological polar surface area (TPSA) is 35.9 Å². The van der Waals surface area contributed by atoms with Crippen LogP contribution in [0.1, 0.15) is 101 Å². The second kappa shape index (κ2) is 16.6. The average molecular weight is 875 g/mol. The van der Waals surface area contributed by atoms with Gasteiger partial charge in [0.1, 0.15) is 17.3 Å². The van der Waals surface area contributed by atoms with Crippen molar-refractivity contribution in [1.29, 1.82) is 0 Å². The zero-order chi connectivity index (χ0) is 56.4. The summed E-state index contributed by atoms with van der Waals surface area (Å²) in [6.45, 7) is 18.7. The lowest BCUT2D eigenvalue weighted by atomic mass is 9.78. The van der Waals surface area contributed by atoms with Crippen LogP contribution < -0.4 is 9.30 Å². The minimum absolute atomic E-state index is 0.0339. The van der Waals surface area contributed by atoms with Crippen LogP contribution in [0.15, 0.2) is 176 Å². The standard InChI is InChI=1S/C61H58N4O/c1-40(2)41(3)43-31-32-62-58(35-43)65-54-26-14-13-23-52(54)53-30-29-49(38-57(53)65)66-48-22-17-21-47(37-48)63-39-64(56-28-16-15-27-55(56)63)59-50(42-19-11-10-12-20-42)24-18-25-51(59)44-33-45(60(4,5)6)36-46(34-44)61(7,8)9/h10-38,40-41H,1-9H3/i10D,11D,12D,13D,14D,19D,20D,23D,26D,29D,30D,41D. The molecule has 7 aromatic carbocycles. The van der Waals surface area contributed by atoms with E-state index >= 15 is 0 Å². The van der Waals surface area contributed by atoms with Crippen molar-refractivity contribution in [2.24, 2.45) is 5.92 Å². The molecule has 3 heterocycles. The van der Waals surface area contributed by atoms with E-state index in [0.29, 0.717) is 33.5 Å². The third-order valence-electron chi connectivity index (χ3n) is 12.4. The Morgan fingerprint density at radius 3 is 2.05 bits per heavy atom. The molecule has 66 heavy (non-hydrogen) atoms. The molecule has 0 spiro atoms. The Bertz CT molecular complexity index is 4070.